The fourth-order valence-electron chi connectivity index (χ4n) is 2.83. The average Bonchev–Trinajstić information content (AvgIpc) is 3.07. The van der Waals surface area contributed by atoms with Gasteiger partial charge in [-0.1, -0.05) is 6.07 Å². The van der Waals surface area contributed by atoms with Gasteiger partial charge in [0.2, 0.25) is 0 Å². The van der Waals surface area contributed by atoms with Gasteiger partial charge in [-0.2, -0.15) is 0 Å². The van der Waals surface area contributed by atoms with E-state index in [2.05, 4.69) is 20.4 Å². The van der Waals surface area contributed by atoms with Crippen molar-refractivity contribution in [1.29, 1.82) is 0 Å². The average molecular weight is 285 g/mol. The highest BCUT2D eigenvalue weighted by molar-refractivity contribution is 5.87. The van der Waals surface area contributed by atoms with E-state index in [0.29, 0.717) is 18.2 Å². The van der Waals surface area contributed by atoms with E-state index in [-0.39, 0.29) is 0 Å². The molecule has 0 saturated heterocycles. The van der Waals surface area contributed by atoms with E-state index in [1.54, 1.807) is 12.1 Å². The molecule has 0 amide bonds. The lowest BCUT2D eigenvalue weighted by molar-refractivity contribution is 0.0696. The molecule has 0 atom stereocenters. The summed E-state index contributed by atoms with van der Waals surface area (Å²) >= 11 is 0. The quantitative estimate of drug-likeness (QED) is 0.909. The number of aromatic nitrogens is 4. The molecule has 21 heavy (non-hydrogen) atoms. The third-order valence-corrected chi connectivity index (χ3v) is 4.06. The Morgan fingerprint density at radius 2 is 2.10 bits per heavy atom. The Morgan fingerprint density at radius 3 is 2.86 bits per heavy atom. The molecule has 0 bridgehead atoms. The normalized spacial score (nSPS) is 17.9. The van der Waals surface area contributed by atoms with Crippen LogP contribution in [0.25, 0.3) is 0 Å². The number of fused-ring (bicyclic) bond motifs is 1. The van der Waals surface area contributed by atoms with Crippen LogP contribution in [0.15, 0.2) is 18.2 Å². The van der Waals surface area contributed by atoms with E-state index >= 15 is 0 Å². The van der Waals surface area contributed by atoms with E-state index in [9.17, 15) is 4.79 Å². The highest BCUT2D eigenvalue weighted by Gasteiger charge is 2.29. The van der Waals surface area contributed by atoms with Crippen molar-refractivity contribution in [3.8, 4) is 0 Å². The minimum Gasteiger partial charge on any atom is -0.478 e. The maximum atomic E-state index is 11.0. The van der Waals surface area contributed by atoms with Crippen molar-refractivity contribution in [2.75, 3.05) is 0 Å². The van der Waals surface area contributed by atoms with Crippen molar-refractivity contribution in [1.82, 2.24) is 25.1 Å². The number of carboxylic acid groups (broad SMARTS) is 1. The molecule has 0 radical (unpaired) electrons. The molecule has 1 N–H and O–H groups in total. The summed E-state index contributed by atoms with van der Waals surface area (Å²) in [6.45, 7) is 2.25. The molecule has 2 heterocycles. The van der Waals surface area contributed by atoms with Crippen molar-refractivity contribution in [2.45, 2.75) is 38.5 Å². The molecule has 1 aliphatic heterocycles. The molecule has 0 unspecified atom stereocenters. The molecule has 1 fully saturated rings. The number of benzene rings is 1. The molecular formula is C14H15N5O2. The first-order valence-corrected chi connectivity index (χ1v) is 7.05. The fourth-order valence-corrected chi connectivity index (χ4v) is 2.83. The zero-order valence-corrected chi connectivity index (χ0v) is 11.4. The molecule has 4 rings (SSSR count). The second kappa shape index (κ2) is 4.63. The largest absolute Gasteiger partial charge is 0.478 e. The summed E-state index contributed by atoms with van der Waals surface area (Å²) in [6, 6.07) is 5.81. The minimum absolute atomic E-state index is 0.346. The molecular weight excluding hydrogens is 270 g/mol. The number of tetrazole rings is 1. The van der Waals surface area contributed by atoms with Crippen molar-refractivity contribution in [2.24, 2.45) is 0 Å². The van der Waals surface area contributed by atoms with Gasteiger partial charge in [-0.15, -0.1) is 5.10 Å². The van der Waals surface area contributed by atoms with Crippen LogP contribution in [-0.4, -0.2) is 36.2 Å². The summed E-state index contributed by atoms with van der Waals surface area (Å²) in [6.07, 6.45) is 2.31. The molecule has 0 spiro atoms. The van der Waals surface area contributed by atoms with Crippen LogP contribution in [0.2, 0.25) is 0 Å². The smallest absolute Gasteiger partial charge is 0.335 e. The summed E-state index contributed by atoms with van der Waals surface area (Å²) in [5.41, 5.74) is 2.62. The summed E-state index contributed by atoms with van der Waals surface area (Å²) in [7, 11) is 0. The van der Waals surface area contributed by atoms with Crippen molar-refractivity contribution in [3.63, 3.8) is 0 Å². The Hall–Kier alpha value is -2.28. The van der Waals surface area contributed by atoms with E-state index < -0.39 is 5.97 Å². The molecule has 108 valence electrons. The maximum Gasteiger partial charge on any atom is 0.335 e. The van der Waals surface area contributed by atoms with Crippen LogP contribution < -0.4 is 0 Å². The van der Waals surface area contributed by atoms with Crippen LogP contribution in [0.3, 0.4) is 0 Å². The maximum absolute atomic E-state index is 11.0. The van der Waals surface area contributed by atoms with Gasteiger partial charge < -0.3 is 5.11 Å². The zero-order valence-electron chi connectivity index (χ0n) is 11.4. The third kappa shape index (κ3) is 2.29. The molecule has 1 saturated carbocycles. The first-order valence-electron chi connectivity index (χ1n) is 7.05. The number of hydrogen-bond acceptors (Lipinski definition) is 5. The highest BCUT2D eigenvalue weighted by atomic mass is 16.4. The molecule has 2 aliphatic rings. The molecule has 7 heteroatoms. The van der Waals surface area contributed by atoms with Gasteiger partial charge in [-0.3, -0.25) is 4.90 Å². The fraction of sp³-hybridized carbons (Fsp3) is 0.429. The Kier molecular flexibility index (Phi) is 2.75. The van der Waals surface area contributed by atoms with Crippen LogP contribution in [0.4, 0.5) is 0 Å². The van der Waals surface area contributed by atoms with Gasteiger partial charge in [0.25, 0.3) is 0 Å². The Morgan fingerprint density at radius 1 is 1.29 bits per heavy atom. The monoisotopic (exact) mass is 285 g/mol. The van der Waals surface area contributed by atoms with Gasteiger partial charge in [-0.25, -0.2) is 9.48 Å². The molecule has 1 aromatic heterocycles. The SMILES string of the molecule is O=C(O)c1ccc2c(c1)CN(Cc1nnnn1C1CC1)C2. The summed E-state index contributed by atoms with van der Waals surface area (Å²) < 4.78 is 1.92. The predicted octanol–water partition coefficient (Wildman–Crippen LogP) is 1.22. The van der Waals surface area contributed by atoms with E-state index in [0.717, 1.165) is 37.3 Å². The van der Waals surface area contributed by atoms with Crippen LogP contribution in [0.5, 0.6) is 0 Å². The van der Waals surface area contributed by atoms with E-state index in [4.69, 9.17) is 5.11 Å². The topological polar surface area (TPSA) is 84.1 Å². The summed E-state index contributed by atoms with van der Waals surface area (Å²) in [5, 5.41) is 21.0. The van der Waals surface area contributed by atoms with Crippen molar-refractivity contribution >= 4 is 5.97 Å². The Labute approximate surface area is 121 Å². The summed E-state index contributed by atoms with van der Waals surface area (Å²) in [5.74, 6) is 0.0118. The van der Waals surface area contributed by atoms with Gasteiger partial charge in [0, 0.05) is 13.1 Å². The number of rotatable bonds is 4. The van der Waals surface area contributed by atoms with Gasteiger partial charge in [0.15, 0.2) is 5.82 Å². The van der Waals surface area contributed by atoms with Gasteiger partial charge in [-0.05, 0) is 46.5 Å². The van der Waals surface area contributed by atoms with Gasteiger partial charge in [0.1, 0.15) is 0 Å². The number of aromatic carboxylic acids is 1. The standard InChI is InChI=1S/C14H15N5O2/c20-14(21)9-1-2-10-6-18(7-11(10)5-9)8-13-15-16-17-19(13)12-3-4-12/h1-2,5,12H,3-4,6-8H2,(H,20,21). The lowest BCUT2D eigenvalue weighted by Crippen LogP contribution is -2.19. The number of carboxylic acids is 1. The first kappa shape index (κ1) is 12.5. The second-order valence-corrected chi connectivity index (χ2v) is 5.70. The summed E-state index contributed by atoms with van der Waals surface area (Å²) in [4.78, 5) is 13.3. The molecule has 1 aliphatic carbocycles. The predicted molar refractivity (Wildman–Crippen MR) is 72.4 cm³/mol. The van der Waals surface area contributed by atoms with E-state index in [1.165, 1.54) is 5.56 Å². The van der Waals surface area contributed by atoms with Gasteiger partial charge >= 0.3 is 5.97 Å². The van der Waals surface area contributed by atoms with Crippen LogP contribution in [-0.2, 0) is 19.6 Å². The number of hydrogen-bond donors (Lipinski definition) is 1. The lowest BCUT2D eigenvalue weighted by Gasteiger charge is -2.13. The van der Waals surface area contributed by atoms with Crippen LogP contribution in [0, 0.1) is 0 Å². The Bertz CT molecular complexity index is 707. The molecule has 2 aromatic rings. The molecule has 7 nitrogen and oxygen atoms in total. The highest BCUT2D eigenvalue weighted by Crippen LogP contribution is 2.35. The Balaban J connectivity index is 1.51. The van der Waals surface area contributed by atoms with Crippen LogP contribution in [0.1, 0.15) is 46.2 Å². The first-order chi connectivity index (χ1) is 10.2. The molecule has 1 aromatic carbocycles. The minimum atomic E-state index is -0.881. The third-order valence-electron chi connectivity index (χ3n) is 4.06. The van der Waals surface area contributed by atoms with Crippen molar-refractivity contribution in [3.05, 3.63) is 40.7 Å². The second-order valence-electron chi connectivity index (χ2n) is 5.70. The number of nitrogens with zero attached hydrogens (tertiary/aromatic N) is 5. The van der Waals surface area contributed by atoms with Crippen LogP contribution >= 0.6 is 0 Å². The number of carbonyl (C=O) groups is 1. The zero-order chi connectivity index (χ0) is 14.4. The van der Waals surface area contributed by atoms with Gasteiger partial charge in [0.05, 0.1) is 18.2 Å². The van der Waals surface area contributed by atoms with Crippen molar-refractivity contribution < 1.29 is 9.90 Å². The lowest BCUT2D eigenvalue weighted by atomic mass is 10.1. The van der Waals surface area contributed by atoms with E-state index in [1.807, 2.05) is 10.7 Å².